The fourth-order valence-corrected chi connectivity index (χ4v) is 4.78. The Bertz CT molecular complexity index is 984. The van der Waals surface area contributed by atoms with Crippen molar-refractivity contribution in [2.24, 2.45) is 0 Å². The van der Waals surface area contributed by atoms with Gasteiger partial charge in [0.2, 0.25) is 10.0 Å². The van der Waals surface area contributed by atoms with Crippen LogP contribution in [0.4, 0.5) is 8.78 Å². The summed E-state index contributed by atoms with van der Waals surface area (Å²) in [6.45, 7) is -2.65. The van der Waals surface area contributed by atoms with E-state index in [0.29, 0.717) is 17.9 Å². The average Bonchev–Trinajstić information content (AvgIpc) is 2.67. The Morgan fingerprint density at radius 1 is 1.04 bits per heavy atom. The second-order valence-corrected chi connectivity index (χ2v) is 8.38. The van der Waals surface area contributed by atoms with Crippen molar-refractivity contribution in [3.8, 4) is 17.2 Å². The van der Waals surface area contributed by atoms with Crippen LogP contribution in [0, 0.1) is 0 Å². The number of alkyl halides is 2. The maximum absolute atomic E-state index is 13.0. The molecule has 0 radical (unpaired) electrons. The number of hydrogen-bond acceptors (Lipinski definition) is 5. The quantitative estimate of drug-likeness (QED) is 0.695. The molecule has 0 aliphatic carbocycles. The van der Waals surface area contributed by atoms with E-state index < -0.39 is 16.6 Å². The summed E-state index contributed by atoms with van der Waals surface area (Å²) >= 11 is 5.90. The van der Waals surface area contributed by atoms with Crippen LogP contribution in [0.1, 0.15) is 11.1 Å². The number of sulfonamides is 1. The highest BCUT2D eigenvalue weighted by Crippen LogP contribution is 2.35. The molecule has 2 aromatic carbocycles. The minimum absolute atomic E-state index is 0.0944. The molecule has 0 aromatic heterocycles. The van der Waals surface area contributed by atoms with Crippen molar-refractivity contribution < 1.29 is 31.4 Å². The molecule has 0 amide bonds. The van der Waals surface area contributed by atoms with Gasteiger partial charge in [0.25, 0.3) is 0 Å². The molecule has 0 saturated carbocycles. The van der Waals surface area contributed by atoms with E-state index in [1.807, 2.05) is 6.07 Å². The van der Waals surface area contributed by atoms with Crippen molar-refractivity contribution in [1.82, 2.24) is 4.31 Å². The van der Waals surface area contributed by atoms with Gasteiger partial charge in [-0.2, -0.15) is 13.1 Å². The lowest BCUT2D eigenvalue weighted by atomic mass is 10.0. The Hall–Kier alpha value is -2.10. The summed E-state index contributed by atoms with van der Waals surface area (Å²) in [6.07, 6.45) is 0.495. The second-order valence-electron chi connectivity index (χ2n) is 6.04. The van der Waals surface area contributed by atoms with Crippen LogP contribution in [-0.2, 0) is 23.0 Å². The van der Waals surface area contributed by atoms with E-state index in [1.54, 1.807) is 6.07 Å². The number of halogens is 3. The number of hydrogen-bond donors (Lipinski definition) is 0. The molecule has 0 spiro atoms. The summed E-state index contributed by atoms with van der Waals surface area (Å²) in [5, 5.41) is -0.204. The average molecular weight is 434 g/mol. The molecule has 1 aliphatic rings. The van der Waals surface area contributed by atoms with Gasteiger partial charge in [-0.15, -0.1) is 0 Å². The van der Waals surface area contributed by atoms with Crippen LogP contribution >= 0.6 is 11.6 Å². The minimum atomic E-state index is -3.87. The number of rotatable bonds is 6. The van der Waals surface area contributed by atoms with Crippen molar-refractivity contribution in [2.45, 2.75) is 24.5 Å². The lowest BCUT2D eigenvalue weighted by Gasteiger charge is -2.29. The predicted octanol–water partition coefficient (Wildman–Crippen LogP) is 3.71. The Labute approximate surface area is 166 Å². The van der Waals surface area contributed by atoms with Gasteiger partial charge in [-0.05, 0) is 47.9 Å². The predicted molar refractivity (Wildman–Crippen MR) is 98.9 cm³/mol. The van der Waals surface area contributed by atoms with Crippen LogP contribution in [0.15, 0.2) is 35.2 Å². The number of methoxy groups -OCH3 is 2. The molecule has 0 bridgehead atoms. The standard InChI is InChI=1S/C18H18ClF2NO5S/c1-25-16-7-11-5-6-22(10-12(11)8-17(16)26-2)28(23,24)13-3-4-15(14(19)9-13)27-18(20)21/h3-4,7-9,18H,5-6,10H2,1-2H3. The first kappa shape index (κ1) is 20.6. The van der Waals surface area contributed by atoms with E-state index in [4.69, 9.17) is 21.1 Å². The van der Waals surface area contributed by atoms with E-state index in [0.717, 1.165) is 23.3 Å². The van der Waals surface area contributed by atoms with Gasteiger partial charge >= 0.3 is 6.61 Å². The molecule has 1 aliphatic heterocycles. The molecule has 28 heavy (non-hydrogen) atoms. The maximum atomic E-state index is 13.0. The van der Waals surface area contributed by atoms with E-state index in [1.165, 1.54) is 24.6 Å². The zero-order valence-electron chi connectivity index (χ0n) is 15.1. The summed E-state index contributed by atoms with van der Waals surface area (Å²) in [5.41, 5.74) is 1.78. The van der Waals surface area contributed by atoms with Crippen LogP contribution in [0.5, 0.6) is 17.2 Å². The fraction of sp³-hybridized carbons (Fsp3) is 0.333. The maximum Gasteiger partial charge on any atom is 0.387 e. The summed E-state index contributed by atoms with van der Waals surface area (Å²) in [7, 11) is -0.831. The molecule has 0 saturated heterocycles. The number of fused-ring (bicyclic) bond motifs is 1. The SMILES string of the molecule is COc1cc2c(cc1OC)CN(S(=O)(=O)c1ccc(OC(F)F)c(Cl)c1)CC2. The van der Waals surface area contributed by atoms with Gasteiger partial charge in [0.15, 0.2) is 11.5 Å². The van der Waals surface area contributed by atoms with Gasteiger partial charge in [-0.1, -0.05) is 11.6 Å². The lowest BCUT2D eigenvalue weighted by Crippen LogP contribution is -2.36. The molecule has 3 rings (SSSR count). The third-order valence-electron chi connectivity index (χ3n) is 4.44. The Morgan fingerprint density at radius 2 is 1.68 bits per heavy atom. The van der Waals surface area contributed by atoms with Gasteiger partial charge in [0.1, 0.15) is 5.75 Å². The Kier molecular flexibility index (Phi) is 5.97. The zero-order valence-corrected chi connectivity index (χ0v) is 16.7. The number of benzene rings is 2. The van der Waals surface area contributed by atoms with Crippen LogP contribution < -0.4 is 14.2 Å². The van der Waals surface area contributed by atoms with Crippen LogP contribution in [-0.4, -0.2) is 40.1 Å². The summed E-state index contributed by atoms with van der Waals surface area (Å²) in [6, 6.07) is 7.02. The van der Waals surface area contributed by atoms with Crippen LogP contribution in [0.2, 0.25) is 5.02 Å². The molecule has 0 unspecified atom stereocenters. The van der Waals surface area contributed by atoms with Crippen molar-refractivity contribution in [3.05, 3.63) is 46.5 Å². The first-order chi connectivity index (χ1) is 13.3. The van der Waals surface area contributed by atoms with Gasteiger partial charge in [-0.25, -0.2) is 8.42 Å². The molecule has 0 N–H and O–H groups in total. The molecule has 2 aromatic rings. The highest BCUT2D eigenvalue weighted by Gasteiger charge is 2.30. The molecular formula is C18H18ClF2NO5S. The summed E-state index contributed by atoms with van der Waals surface area (Å²) in [4.78, 5) is -0.0944. The largest absolute Gasteiger partial charge is 0.493 e. The molecule has 6 nitrogen and oxygen atoms in total. The van der Waals surface area contributed by atoms with Crippen molar-refractivity contribution in [3.63, 3.8) is 0 Å². The topological polar surface area (TPSA) is 65.1 Å². The van der Waals surface area contributed by atoms with E-state index in [2.05, 4.69) is 4.74 Å². The zero-order chi connectivity index (χ0) is 20.5. The monoisotopic (exact) mass is 433 g/mol. The highest BCUT2D eigenvalue weighted by atomic mass is 35.5. The van der Waals surface area contributed by atoms with Crippen molar-refractivity contribution in [2.75, 3.05) is 20.8 Å². The van der Waals surface area contributed by atoms with E-state index in [9.17, 15) is 17.2 Å². The smallest absolute Gasteiger partial charge is 0.387 e. The third-order valence-corrected chi connectivity index (χ3v) is 6.58. The molecule has 0 fully saturated rings. The molecule has 152 valence electrons. The Balaban J connectivity index is 1.89. The number of nitrogens with zero attached hydrogens (tertiary/aromatic N) is 1. The highest BCUT2D eigenvalue weighted by molar-refractivity contribution is 7.89. The normalized spacial score (nSPS) is 14.6. The first-order valence-electron chi connectivity index (χ1n) is 8.24. The molecular weight excluding hydrogens is 416 g/mol. The third kappa shape index (κ3) is 4.01. The summed E-state index contributed by atoms with van der Waals surface area (Å²) in [5.74, 6) is 0.812. The van der Waals surface area contributed by atoms with Crippen LogP contribution in [0.25, 0.3) is 0 Å². The van der Waals surface area contributed by atoms with E-state index >= 15 is 0 Å². The molecule has 0 atom stereocenters. The fourth-order valence-electron chi connectivity index (χ4n) is 3.05. The van der Waals surface area contributed by atoms with Gasteiger partial charge in [0, 0.05) is 13.1 Å². The van der Waals surface area contributed by atoms with Crippen molar-refractivity contribution >= 4 is 21.6 Å². The van der Waals surface area contributed by atoms with E-state index in [-0.39, 0.29) is 28.8 Å². The van der Waals surface area contributed by atoms with Gasteiger partial charge in [-0.3, -0.25) is 0 Å². The molecule has 1 heterocycles. The van der Waals surface area contributed by atoms with Gasteiger partial charge in [0.05, 0.1) is 24.1 Å². The number of ether oxygens (including phenoxy) is 3. The lowest BCUT2D eigenvalue weighted by molar-refractivity contribution is -0.0498. The minimum Gasteiger partial charge on any atom is -0.493 e. The molecule has 10 heteroatoms. The Morgan fingerprint density at radius 3 is 2.25 bits per heavy atom. The van der Waals surface area contributed by atoms with Crippen molar-refractivity contribution in [1.29, 1.82) is 0 Å². The second kappa shape index (κ2) is 8.10. The van der Waals surface area contributed by atoms with Gasteiger partial charge < -0.3 is 14.2 Å². The van der Waals surface area contributed by atoms with Crippen LogP contribution in [0.3, 0.4) is 0 Å². The first-order valence-corrected chi connectivity index (χ1v) is 10.1. The summed E-state index contributed by atoms with van der Waals surface area (Å²) < 4.78 is 66.8.